The Hall–Kier alpha value is -3.21. The molecule has 0 aromatic carbocycles. The molecule has 0 unspecified atom stereocenters. The summed E-state index contributed by atoms with van der Waals surface area (Å²) in [5, 5.41) is 18.5. The van der Waals surface area contributed by atoms with Crippen LogP contribution in [0.4, 0.5) is 4.79 Å². The van der Waals surface area contributed by atoms with Crippen molar-refractivity contribution in [2.75, 3.05) is 26.7 Å². The normalized spacial score (nSPS) is 20.0. The Morgan fingerprint density at radius 1 is 1.24 bits per heavy atom. The lowest BCUT2D eigenvalue weighted by atomic mass is 9.92. The summed E-state index contributed by atoms with van der Waals surface area (Å²) in [6.45, 7) is 9.57. The second kappa shape index (κ2) is 11.9. The number of carbonyl (C=O) groups excluding carboxylic acids is 3. The Morgan fingerprint density at radius 2 is 1.97 bits per heavy atom. The molecular formula is C26H39N5O6. The van der Waals surface area contributed by atoms with E-state index in [9.17, 15) is 19.5 Å². The van der Waals surface area contributed by atoms with Crippen LogP contribution in [-0.2, 0) is 20.9 Å². The summed E-state index contributed by atoms with van der Waals surface area (Å²) in [5.74, 6) is -1.38. The summed E-state index contributed by atoms with van der Waals surface area (Å²) in [5.41, 5.74) is 0.496. The number of piperidine rings is 1. The van der Waals surface area contributed by atoms with Gasteiger partial charge < -0.3 is 24.4 Å². The molecule has 2 atom stereocenters. The molecule has 204 valence electrons. The Morgan fingerprint density at radius 3 is 2.54 bits per heavy atom. The van der Waals surface area contributed by atoms with E-state index in [0.717, 1.165) is 12.1 Å². The standard InChI is InChI=1S/C26H39N5O6/c1-17(2)13-30(23(33)22-21(16-32)31(28-27-22)19-10-8-7-9-11-19)20-12-18(24(34)36-6)14-29(15-20)25(35)37-26(3,4)5/h7-8,10,17-18,20,32H,9,11-16H2,1-6H3/t18-,20+/m1/s1. The van der Waals surface area contributed by atoms with Gasteiger partial charge in [0.15, 0.2) is 5.69 Å². The molecule has 2 aliphatic rings. The van der Waals surface area contributed by atoms with Gasteiger partial charge in [0.1, 0.15) is 11.3 Å². The van der Waals surface area contributed by atoms with Crippen LogP contribution >= 0.6 is 0 Å². The minimum absolute atomic E-state index is 0.0580. The monoisotopic (exact) mass is 517 g/mol. The number of methoxy groups -OCH3 is 1. The predicted octanol–water partition coefficient (Wildman–Crippen LogP) is 2.86. The number of nitrogens with zero attached hydrogens (tertiary/aromatic N) is 5. The molecule has 1 aromatic rings. The number of aliphatic hydroxyl groups is 1. The number of amides is 2. The van der Waals surface area contributed by atoms with Gasteiger partial charge in [0.2, 0.25) is 0 Å². The molecule has 11 heteroatoms. The molecule has 0 spiro atoms. The molecule has 37 heavy (non-hydrogen) atoms. The van der Waals surface area contributed by atoms with Gasteiger partial charge in [-0.15, -0.1) is 5.10 Å². The fourth-order valence-corrected chi connectivity index (χ4v) is 4.65. The van der Waals surface area contributed by atoms with E-state index in [-0.39, 0.29) is 24.7 Å². The Balaban J connectivity index is 1.96. The lowest BCUT2D eigenvalue weighted by Gasteiger charge is -2.42. The SMILES string of the molecule is COC(=O)[C@@H]1C[C@H](N(CC(C)C)C(=O)c2nnn(C3=CC=CCC3)c2CO)CN(C(=O)OC(C)(C)C)C1. The first-order valence-corrected chi connectivity index (χ1v) is 12.7. The molecule has 1 aromatic heterocycles. The first-order valence-electron chi connectivity index (χ1n) is 12.7. The maximum Gasteiger partial charge on any atom is 0.410 e. The minimum atomic E-state index is -0.713. The second-order valence-corrected chi connectivity index (χ2v) is 10.9. The van der Waals surface area contributed by atoms with Crippen LogP contribution in [0.3, 0.4) is 0 Å². The average Bonchev–Trinajstić information content (AvgIpc) is 3.29. The smallest absolute Gasteiger partial charge is 0.410 e. The van der Waals surface area contributed by atoms with E-state index in [0.29, 0.717) is 25.1 Å². The van der Waals surface area contributed by atoms with Crippen LogP contribution in [-0.4, -0.2) is 86.3 Å². The maximum atomic E-state index is 13.9. The molecule has 0 bridgehead atoms. The summed E-state index contributed by atoms with van der Waals surface area (Å²) in [4.78, 5) is 42.5. The Labute approximate surface area is 218 Å². The highest BCUT2D eigenvalue weighted by Crippen LogP contribution is 2.27. The highest BCUT2D eigenvalue weighted by atomic mass is 16.6. The highest BCUT2D eigenvalue weighted by molar-refractivity contribution is 5.94. The molecule has 0 saturated carbocycles. The van der Waals surface area contributed by atoms with E-state index < -0.39 is 42.1 Å². The summed E-state index contributed by atoms with van der Waals surface area (Å²) < 4.78 is 12.1. The zero-order chi connectivity index (χ0) is 27.3. The Bertz CT molecular complexity index is 1050. The van der Waals surface area contributed by atoms with Crippen molar-refractivity contribution in [3.05, 3.63) is 29.6 Å². The van der Waals surface area contributed by atoms with Gasteiger partial charge in [-0.2, -0.15) is 0 Å². The van der Waals surface area contributed by atoms with Gasteiger partial charge in [-0.1, -0.05) is 31.2 Å². The van der Waals surface area contributed by atoms with Crippen LogP contribution < -0.4 is 0 Å². The molecular weight excluding hydrogens is 478 g/mol. The fourth-order valence-electron chi connectivity index (χ4n) is 4.65. The number of rotatable bonds is 7. The van der Waals surface area contributed by atoms with Gasteiger partial charge in [0.25, 0.3) is 5.91 Å². The molecule has 2 amide bonds. The summed E-state index contributed by atoms with van der Waals surface area (Å²) in [7, 11) is 1.31. The maximum absolute atomic E-state index is 13.9. The van der Waals surface area contributed by atoms with Crippen molar-refractivity contribution in [2.45, 2.75) is 72.1 Å². The number of aliphatic hydroxyl groups excluding tert-OH is 1. The number of allylic oxidation sites excluding steroid dienone is 4. The zero-order valence-electron chi connectivity index (χ0n) is 22.6. The number of carbonyl (C=O) groups is 3. The van der Waals surface area contributed by atoms with E-state index in [1.165, 1.54) is 16.7 Å². The lowest BCUT2D eigenvalue weighted by Crippen LogP contribution is -2.57. The summed E-state index contributed by atoms with van der Waals surface area (Å²) >= 11 is 0. The van der Waals surface area contributed by atoms with Gasteiger partial charge in [0.05, 0.1) is 25.7 Å². The second-order valence-electron chi connectivity index (χ2n) is 10.9. The molecule has 3 rings (SSSR count). The van der Waals surface area contributed by atoms with E-state index in [1.54, 1.807) is 25.7 Å². The third-order valence-corrected chi connectivity index (χ3v) is 6.26. The molecule has 11 nitrogen and oxygen atoms in total. The van der Waals surface area contributed by atoms with Crippen LogP contribution in [0.1, 0.15) is 70.1 Å². The number of likely N-dealkylation sites (tertiary alicyclic amines) is 1. The van der Waals surface area contributed by atoms with Crippen LogP contribution in [0.5, 0.6) is 0 Å². The van der Waals surface area contributed by atoms with Crippen molar-refractivity contribution < 1.29 is 29.0 Å². The van der Waals surface area contributed by atoms with Crippen LogP contribution in [0.15, 0.2) is 18.2 Å². The zero-order valence-corrected chi connectivity index (χ0v) is 22.6. The van der Waals surface area contributed by atoms with Gasteiger partial charge in [-0.3, -0.25) is 9.59 Å². The third-order valence-electron chi connectivity index (χ3n) is 6.26. The minimum Gasteiger partial charge on any atom is -0.469 e. The highest BCUT2D eigenvalue weighted by Gasteiger charge is 2.41. The molecule has 1 aliphatic heterocycles. The van der Waals surface area contributed by atoms with Crippen molar-refractivity contribution in [1.29, 1.82) is 0 Å². The topological polar surface area (TPSA) is 127 Å². The van der Waals surface area contributed by atoms with Gasteiger partial charge in [-0.25, -0.2) is 9.48 Å². The van der Waals surface area contributed by atoms with Gasteiger partial charge in [0, 0.05) is 25.3 Å². The van der Waals surface area contributed by atoms with E-state index in [2.05, 4.69) is 10.3 Å². The first kappa shape index (κ1) is 28.4. The fraction of sp³-hybridized carbons (Fsp3) is 0.654. The molecule has 2 heterocycles. The number of hydrogen-bond acceptors (Lipinski definition) is 8. The number of aromatic nitrogens is 3. The Kier molecular flexibility index (Phi) is 9.12. The van der Waals surface area contributed by atoms with Crippen LogP contribution in [0.25, 0.3) is 5.70 Å². The summed E-state index contributed by atoms with van der Waals surface area (Å²) in [6.07, 6.45) is 7.14. The van der Waals surface area contributed by atoms with Crippen molar-refractivity contribution >= 4 is 23.7 Å². The lowest BCUT2D eigenvalue weighted by molar-refractivity contribution is -0.148. The largest absolute Gasteiger partial charge is 0.469 e. The number of hydrogen-bond donors (Lipinski definition) is 1. The van der Waals surface area contributed by atoms with Crippen LogP contribution in [0, 0.1) is 11.8 Å². The third kappa shape index (κ3) is 6.97. The van der Waals surface area contributed by atoms with Gasteiger partial charge >= 0.3 is 12.1 Å². The number of ether oxygens (including phenoxy) is 2. The first-order chi connectivity index (χ1) is 17.4. The quantitative estimate of drug-likeness (QED) is 0.547. The van der Waals surface area contributed by atoms with Crippen molar-refractivity contribution in [3.8, 4) is 0 Å². The van der Waals surface area contributed by atoms with Gasteiger partial charge in [-0.05, 0) is 52.0 Å². The molecule has 1 aliphatic carbocycles. The van der Waals surface area contributed by atoms with Crippen molar-refractivity contribution in [2.24, 2.45) is 11.8 Å². The van der Waals surface area contributed by atoms with E-state index in [1.807, 2.05) is 32.1 Å². The van der Waals surface area contributed by atoms with Crippen molar-refractivity contribution in [1.82, 2.24) is 24.8 Å². The molecule has 0 radical (unpaired) electrons. The van der Waals surface area contributed by atoms with Crippen LogP contribution in [0.2, 0.25) is 0 Å². The molecule has 1 saturated heterocycles. The molecule has 1 N–H and O–H groups in total. The molecule has 1 fully saturated rings. The number of esters is 1. The predicted molar refractivity (Wildman–Crippen MR) is 136 cm³/mol. The van der Waals surface area contributed by atoms with E-state index >= 15 is 0 Å². The summed E-state index contributed by atoms with van der Waals surface area (Å²) in [6, 6.07) is -0.492. The van der Waals surface area contributed by atoms with Crippen molar-refractivity contribution in [3.63, 3.8) is 0 Å². The average molecular weight is 518 g/mol. The van der Waals surface area contributed by atoms with E-state index in [4.69, 9.17) is 9.47 Å².